The predicted octanol–water partition coefficient (Wildman–Crippen LogP) is 2.80. The molecule has 0 atom stereocenters. The number of methoxy groups -OCH3 is 2. The third kappa shape index (κ3) is 4.32. The smallest absolute Gasteiger partial charge is 0.268 e. The summed E-state index contributed by atoms with van der Waals surface area (Å²) >= 11 is 6.13. The first kappa shape index (κ1) is 19.0. The van der Waals surface area contributed by atoms with Crippen LogP contribution in [0.25, 0.3) is 0 Å². The predicted molar refractivity (Wildman–Crippen MR) is 101 cm³/mol. The van der Waals surface area contributed by atoms with E-state index in [1.807, 2.05) is 18.2 Å². The average molecular weight is 409 g/mol. The van der Waals surface area contributed by atoms with Gasteiger partial charge in [-0.25, -0.2) is 17.8 Å². The van der Waals surface area contributed by atoms with Crippen LogP contribution in [0.1, 0.15) is 5.56 Å². The molecule has 0 fully saturated rings. The van der Waals surface area contributed by atoms with Crippen molar-refractivity contribution in [2.24, 2.45) is 0 Å². The summed E-state index contributed by atoms with van der Waals surface area (Å²) in [6.45, 7) is 0.358. The van der Waals surface area contributed by atoms with Crippen LogP contribution in [0.3, 0.4) is 0 Å². The number of sulfonamides is 1. The van der Waals surface area contributed by atoms with Crippen molar-refractivity contribution in [2.45, 2.75) is 11.4 Å². The lowest BCUT2D eigenvalue weighted by Gasteiger charge is -2.11. The molecule has 3 rings (SSSR count). The molecule has 0 radical (unpaired) electrons. The van der Waals surface area contributed by atoms with Crippen molar-refractivity contribution >= 4 is 27.6 Å². The third-order valence-corrected chi connectivity index (χ3v) is 5.43. The van der Waals surface area contributed by atoms with E-state index in [9.17, 15) is 8.42 Å². The highest BCUT2D eigenvalue weighted by Crippen LogP contribution is 2.29. The summed E-state index contributed by atoms with van der Waals surface area (Å²) in [4.78, 5) is 3.92. The summed E-state index contributed by atoms with van der Waals surface area (Å²) in [6.07, 6.45) is 1.42. The number of nitrogens with zero attached hydrogens (tertiary/aromatic N) is 3. The molecule has 27 heavy (non-hydrogen) atoms. The van der Waals surface area contributed by atoms with Gasteiger partial charge in [-0.15, -0.1) is 5.10 Å². The molecule has 0 bridgehead atoms. The van der Waals surface area contributed by atoms with Crippen molar-refractivity contribution in [1.82, 2.24) is 14.8 Å². The zero-order chi connectivity index (χ0) is 19.4. The van der Waals surface area contributed by atoms with E-state index in [-0.39, 0.29) is 16.6 Å². The Hall–Kier alpha value is -2.78. The van der Waals surface area contributed by atoms with Gasteiger partial charge >= 0.3 is 0 Å². The zero-order valence-electron chi connectivity index (χ0n) is 14.6. The maximum absolute atomic E-state index is 12.7. The summed E-state index contributed by atoms with van der Waals surface area (Å²) in [7, 11) is -1.14. The van der Waals surface area contributed by atoms with Gasteiger partial charge in [0.15, 0.2) is 0 Å². The highest BCUT2D eigenvalue weighted by Gasteiger charge is 2.22. The standard InChI is InChI=1S/C17H17ClN4O4S/c1-25-13-7-8-15(26-2)16(9-13)27(23,24)21-17-19-11-22(20-17)10-12-5-3-4-6-14(12)18/h3-9,11H,10H2,1-2H3,(H,20,21). The van der Waals surface area contributed by atoms with Gasteiger partial charge in [-0.05, 0) is 23.8 Å². The fourth-order valence-corrected chi connectivity index (χ4v) is 3.71. The number of anilines is 1. The van der Waals surface area contributed by atoms with Gasteiger partial charge in [0.05, 0.1) is 20.8 Å². The van der Waals surface area contributed by atoms with Crippen molar-refractivity contribution in [3.8, 4) is 11.5 Å². The van der Waals surface area contributed by atoms with Gasteiger partial charge in [0.2, 0.25) is 0 Å². The van der Waals surface area contributed by atoms with Gasteiger partial charge in [0, 0.05) is 11.1 Å². The molecule has 1 N–H and O–H groups in total. The first-order valence-electron chi connectivity index (χ1n) is 7.80. The second-order valence-corrected chi connectivity index (χ2v) is 7.54. The lowest BCUT2D eigenvalue weighted by Crippen LogP contribution is -2.15. The Labute approximate surface area is 161 Å². The first-order valence-corrected chi connectivity index (χ1v) is 9.67. The fourth-order valence-electron chi connectivity index (χ4n) is 2.39. The number of nitrogens with one attached hydrogen (secondary N) is 1. The largest absolute Gasteiger partial charge is 0.497 e. The maximum atomic E-state index is 12.7. The number of ether oxygens (including phenoxy) is 2. The van der Waals surface area contributed by atoms with E-state index < -0.39 is 10.0 Å². The number of hydrogen-bond acceptors (Lipinski definition) is 6. The molecule has 0 amide bonds. The van der Waals surface area contributed by atoms with E-state index in [0.29, 0.717) is 17.3 Å². The van der Waals surface area contributed by atoms with Crippen molar-refractivity contribution in [1.29, 1.82) is 0 Å². The number of aromatic nitrogens is 3. The van der Waals surface area contributed by atoms with E-state index in [1.54, 1.807) is 12.1 Å². The molecule has 3 aromatic rings. The quantitative estimate of drug-likeness (QED) is 0.645. The second kappa shape index (κ2) is 7.85. The molecule has 0 saturated carbocycles. The van der Waals surface area contributed by atoms with Crippen LogP contribution in [0.15, 0.2) is 53.7 Å². The van der Waals surface area contributed by atoms with E-state index in [0.717, 1.165) is 5.56 Å². The van der Waals surface area contributed by atoms with E-state index in [2.05, 4.69) is 14.8 Å². The Morgan fingerprint density at radius 3 is 2.63 bits per heavy atom. The molecular formula is C17H17ClN4O4S. The Bertz CT molecular complexity index is 1050. The molecule has 0 aliphatic carbocycles. The van der Waals surface area contributed by atoms with Crippen LogP contribution in [0.2, 0.25) is 5.02 Å². The van der Waals surface area contributed by atoms with Crippen molar-refractivity contribution in [3.05, 3.63) is 59.4 Å². The molecule has 0 spiro atoms. The van der Waals surface area contributed by atoms with Crippen molar-refractivity contribution in [3.63, 3.8) is 0 Å². The Morgan fingerprint density at radius 2 is 1.93 bits per heavy atom. The molecule has 1 aromatic heterocycles. The second-order valence-electron chi connectivity index (χ2n) is 5.48. The molecule has 2 aromatic carbocycles. The number of hydrogen-bond donors (Lipinski definition) is 1. The van der Waals surface area contributed by atoms with Gasteiger partial charge in [-0.3, -0.25) is 0 Å². The molecule has 0 saturated heterocycles. The first-order chi connectivity index (χ1) is 12.9. The van der Waals surface area contributed by atoms with Crippen LogP contribution in [0.4, 0.5) is 5.95 Å². The molecule has 10 heteroatoms. The van der Waals surface area contributed by atoms with Crippen LogP contribution in [-0.2, 0) is 16.6 Å². The Balaban J connectivity index is 1.83. The molecule has 0 aliphatic heterocycles. The SMILES string of the molecule is COc1ccc(OC)c(S(=O)(=O)Nc2ncn(Cc3ccccc3Cl)n2)c1. The minimum Gasteiger partial charge on any atom is -0.497 e. The van der Waals surface area contributed by atoms with Gasteiger partial charge in [0.25, 0.3) is 16.0 Å². The minimum atomic E-state index is -3.98. The summed E-state index contributed by atoms with van der Waals surface area (Å²) in [5, 5.41) is 4.73. The number of halogens is 1. The fraction of sp³-hybridized carbons (Fsp3) is 0.176. The van der Waals surface area contributed by atoms with Crippen LogP contribution in [-0.4, -0.2) is 37.4 Å². The maximum Gasteiger partial charge on any atom is 0.268 e. The molecule has 0 aliphatic rings. The molecule has 0 unspecified atom stereocenters. The lowest BCUT2D eigenvalue weighted by atomic mass is 10.2. The molecule has 142 valence electrons. The zero-order valence-corrected chi connectivity index (χ0v) is 16.2. The van der Waals surface area contributed by atoms with Crippen LogP contribution >= 0.6 is 11.6 Å². The summed E-state index contributed by atoms with van der Waals surface area (Å²) in [5.74, 6) is 0.499. The summed E-state index contributed by atoms with van der Waals surface area (Å²) in [6, 6.07) is 11.8. The van der Waals surface area contributed by atoms with E-state index in [1.165, 1.54) is 37.4 Å². The summed E-state index contributed by atoms with van der Waals surface area (Å²) < 4.78 is 39.5. The van der Waals surface area contributed by atoms with Crippen LogP contribution < -0.4 is 14.2 Å². The lowest BCUT2D eigenvalue weighted by molar-refractivity contribution is 0.392. The van der Waals surface area contributed by atoms with Crippen LogP contribution in [0.5, 0.6) is 11.5 Å². The van der Waals surface area contributed by atoms with Crippen molar-refractivity contribution < 1.29 is 17.9 Å². The Morgan fingerprint density at radius 1 is 1.15 bits per heavy atom. The molecule has 1 heterocycles. The van der Waals surface area contributed by atoms with Gasteiger partial charge in [-0.1, -0.05) is 29.8 Å². The van der Waals surface area contributed by atoms with Gasteiger partial charge < -0.3 is 9.47 Å². The highest BCUT2D eigenvalue weighted by molar-refractivity contribution is 7.92. The number of benzene rings is 2. The summed E-state index contributed by atoms with van der Waals surface area (Å²) in [5.41, 5.74) is 0.841. The topological polar surface area (TPSA) is 95.3 Å². The van der Waals surface area contributed by atoms with Gasteiger partial charge in [-0.2, -0.15) is 4.98 Å². The molecular weight excluding hydrogens is 392 g/mol. The average Bonchev–Trinajstić information content (AvgIpc) is 3.09. The van der Waals surface area contributed by atoms with E-state index in [4.69, 9.17) is 21.1 Å². The van der Waals surface area contributed by atoms with E-state index >= 15 is 0 Å². The minimum absolute atomic E-state index is 0.0630. The monoisotopic (exact) mass is 408 g/mol. The highest BCUT2D eigenvalue weighted by atomic mass is 35.5. The Kier molecular flexibility index (Phi) is 5.52. The third-order valence-electron chi connectivity index (χ3n) is 3.71. The number of rotatable bonds is 7. The molecule has 8 nitrogen and oxygen atoms in total. The van der Waals surface area contributed by atoms with Crippen LogP contribution in [0, 0.1) is 0 Å². The normalized spacial score (nSPS) is 11.2. The van der Waals surface area contributed by atoms with Crippen molar-refractivity contribution in [2.75, 3.05) is 18.9 Å². The van der Waals surface area contributed by atoms with Gasteiger partial charge in [0.1, 0.15) is 22.7 Å².